The van der Waals surface area contributed by atoms with Gasteiger partial charge in [-0.25, -0.2) is 0 Å². The Morgan fingerprint density at radius 1 is 1.22 bits per heavy atom. The molecule has 0 saturated carbocycles. The van der Waals surface area contributed by atoms with Crippen LogP contribution < -0.4 is 10.2 Å². The summed E-state index contributed by atoms with van der Waals surface area (Å²) in [6.45, 7) is 7.54. The predicted molar refractivity (Wildman–Crippen MR) is 111 cm³/mol. The van der Waals surface area contributed by atoms with Gasteiger partial charge in [-0.2, -0.15) is 0 Å². The van der Waals surface area contributed by atoms with Crippen LogP contribution in [-0.2, 0) is 9.59 Å². The third-order valence-electron chi connectivity index (χ3n) is 5.97. The molecule has 0 aromatic heterocycles. The molecule has 0 radical (unpaired) electrons. The van der Waals surface area contributed by atoms with Crippen LogP contribution in [0.3, 0.4) is 0 Å². The molecular formula is C21H32ClN3O2. The first-order valence-electron chi connectivity index (χ1n) is 9.98. The number of amides is 2. The van der Waals surface area contributed by atoms with E-state index in [1.54, 1.807) is 0 Å². The zero-order chi connectivity index (χ0) is 18.5. The Kier molecular flexibility index (Phi) is 8.11. The fraction of sp³-hybridized carbons (Fsp3) is 0.619. The lowest BCUT2D eigenvalue weighted by molar-refractivity contribution is -0.139. The van der Waals surface area contributed by atoms with E-state index in [9.17, 15) is 9.59 Å². The number of para-hydroxylation sites is 1. The Labute approximate surface area is 168 Å². The molecule has 2 amide bonds. The van der Waals surface area contributed by atoms with E-state index in [0.29, 0.717) is 31.3 Å². The highest BCUT2D eigenvalue weighted by atomic mass is 35.5. The van der Waals surface area contributed by atoms with Crippen molar-refractivity contribution in [1.82, 2.24) is 10.2 Å². The van der Waals surface area contributed by atoms with Gasteiger partial charge in [-0.3, -0.25) is 9.59 Å². The van der Waals surface area contributed by atoms with E-state index in [0.717, 1.165) is 38.0 Å². The molecule has 2 aliphatic rings. The smallest absolute Gasteiger partial charge is 0.249 e. The van der Waals surface area contributed by atoms with Crippen molar-refractivity contribution < 1.29 is 9.59 Å². The first-order chi connectivity index (χ1) is 12.6. The fourth-order valence-corrected chi connectivity index (χ4v) is 4.36. The fourth-order valence-electron chi connectivity index (χ4n) is 4.36. The summed E-state index contributed by atoms with van der Waals surface area (Å²) in [6, 6.07) is 9.44. The second-order valence-corrected chi connectivity index (χ2v) is 7.58. The van der Waals surface area contributed by atoms with Gasteiger partial charge in [0.2, 0.25) is 11.8 Å². The summed E-state index contributed by atoms with van der Waals surface area (Å²) in [7, 11) is 0. The van der Waals surface area contributed by atoms with E-state index in [1.165, 1.54) is 0 Å². The van der Waals surface area contributed by atoms with Gasteiger partial charge >= 0.3 is 0 Å². The monoisotopic (exact) mass is 393 g/mol. The van der Waals surface area contributed by atoms with Crippen LogP contribution >= 0.6 is 12.4 Å². The molecule has 1 N–H and O–H groups in total. The Bertz CT molecular complexity index is 619. The largest absolute Gasteiger partial charge is 0.331 e. The van der Waals surface area contributed by atoms with Crippen molar-refractivity contribution in [2.75, 3.05) is 31.1 Å². The summed E-state index contributed by atoms with van der Waals surface area (Å²) in [5.41, 5.74) is 0.923. The average molecular weight is 394 g/mol. The quantitative estimate of drug-likeness (QED) is 0.808. The predicted octanol–water partition coefficient (Wildman–Crippen LogP) is 3.09. The van der Waals surface area contributed by atoms with Crippen LogP contribution in [0.1, 0.15) is 39.5 Å². The number of nitrogens with zero attached hydrogens (tertiary/aromatic N) is 2. The maximum atomic E-state index is 12.9. The zero-order valence-corrected chi connectivity index (χ0v) is 17.2. The van der Waals surface area contributed by atoms with Gasteiger partial charge in [0.25, 0.3) is 0 Å². The van der Waals surface area contributed by atoms with Crippen LogP contribution in [-0.4, -0.2) is 48.9 Å². The third kappa shape index (κ3) is 5.02. The highest BCUT2D eigenvalue weighted by molar-refractivity contribution is 6.01. The van der Waals surface area contributed by atoms with E-state index in [1.807, 2.05) is 47.1 Å². The lowest BCUT2D eigenvalue weighted by atomic mass is 9.84. The summed E-state index contributed by atoms with van der Waals surface area (Å²) in [5, 5.41) is 3.38. The molecule has 5 nitrogen and oxygen atoms in total. The summed E-state index contributed by atoms with van der Waals surface area (Å²) in [4.78, 5) is 29.5. The van der Waals surface area contributed by atoms with E-state index in [2.05, 4.69) is 12.2 Å². The number of benzene rings is 1. The average Bonchev–Trinajstić information content (AvgIpc) is 3.05. The number of carbonyl (C=O) groups is 2. The molecule has 0 bridgehead atoms. The molecule has 2 atom stereocenters. The standard InChI is InChI=1S/C21H31N3O2.ClH/c1-3-23(20(25)15-16(2)17-9-12-22-13-10-17)19-11-14-24(21(19)26)18-7-5-4-6-8-18;/h4-8,16-17,19,22H,3,9-15H2,1-2H3;1H. The van der Waals surface area contributed by atoms with Crippen molar-refractivity contribution >= 4 is 29.9 Å². The molecule has 27 heavy (non-hydrogen) atoms. The number of piperidine rings is 1. The van der Waals surface area contributed by atoms with Gasteiger partial charge in [0.15, 0.2) is 0 Å². The molecule has 3 rings (SSSR count). The summed E-state index contributed by atoms with van der Waals surface area (Å²) >= 11 is 0. The highest BCUT2D eigenvalue weighted by Gasteiger charge is 2.38. The highest BCUT2D eigenvalue weighted by Crippen LogP contribution is 2.28. The SMILES string of the molecule is CCN(C(=O)CC(C)C1CCNCC1)C1CCN(c2ccccc2)C1=O.Cl. The first kappa shape index (κ1) is 21.7. The second-order valence-electron chi connectivity index (χ2n) is 7.58. The number of nitrogens with one attached hydrogen (secondary N) is 1. The molecule has 2 fully saturated rings. The maximum Gasteiger partial charge on any atom is 0.249 e. The van der Waals surface area contributed by atoms with Gasteiger partial charge in [-0.15, -0.1) is 12.4 Å². The summed E-state index contributed by atoms with van der Waals surface area (Å²) in [6.07, 6.45) is 3.55. The van der Waals surface area contributed by atoms with E-state index >= 15 is 0 Å². The van der Waals surface area contributed by atoms with Gasteiger partial charge in [-0.05, 0) is 63.2 Å². The van der Waals surface area contributed by atoms with E-state index in [-0.39, 0.29) is 30.3 Å². The van der Waals surface area contributed by atoms with Crippen LogP contribution in [0.2, 0.25) is 0 Å². The number of anilines is 1. The van der Waals surface area contributed by atoms with Gasteiger partial charge in [-0.1, -0.05) is 25.1 Å². The van der Waals surface area contributed by atoms with Crippen LogP contribution in [0.4, 0.5) is 5.69 Å². The molecule has 2 heterocycles. The van der Waals surface area contributed by atoms with Gasteiger partial charge in [0.05, 0.1) is 0 Å². The Morgan fingerprint density at radius 3 is 2.52 bits per heavy atom. The maximum absolute atomic E-state index is 12.9. The first-order valence-corrected chi connectivity index (χ1v) is 9.98. The lowest BCUT2D eigenvalue weighted by Crippen LogP contribution is -2.46. The van der Waals surface area contributed by atoms with Crippen molar-refractivity contribution in [3.63, 3.8) is 0 Å². The number of hydrogen-bond acceptors (Lipinski definition) is 3. The number of halogens is 1. The number of rotatable bonds is 6. The van der Waals surface area contributed by atoms with E-state index < -0.39 is 0 Å². The molecule has 2 saturated heterocycles. The number of hydrogen-bond donors (Lipinski definition) is 1. The van der Waals surface area contributed by atoms with Gasteiger partial charge < -0.3 is 15.1 Å². The second kappa shape index (κ2) is 10.1. The van der Waals surface area contributed by atoms with Crippen LogP contribution in [0.5, 0.6) is 0 Å². The molecule has 0 spiro atoms. The zero-order valence-electron chi connectivity index (χ0n) is 16.4. The van der Waals surface area contributed by atoms with Gasteiger partial charge in [0, 0.05) is 25.2 Å². The molecule has 150 valence electrons. The van der Waals surface area contributed by atoms with Crippen molar-refractivity contribution in [3.05, 3.63) is 30.3 Å². The molecule has 1 aromatic carbocycles. The lowest BCUT2D eigenvalue weighted by Gasteiger charge is -2.31. The summed E-state index contributed by atoms with van der Waals surface area (Å²) in [5.74, 6) is 1.17. The number of likely N-dealkylation sites (N-methyl/N-ethyl adjacent to an activating group) is 1. The molecule has 2 aliphatic heterocycles. The minimum atomic E-state index is -0.312. The Hall–Kier alpha value is -1.59. The van der Waals surface area contributed by atoms with Crippen molar-refractivity contribution in [3.8, 4) is 0 Å². The molecule has 2 unspecified atom stereocenters. The van der Waals surface area contributed by atoms with Crippen LogP contribution in [0.15, 0.2) is 30.3 Å². The molecule has 0 aliphatic carbocycles. The molecule has 1 aromatic rings. The molecular weight excluding hydrogens is 362 g/mol. The minimum absolute atomic E-state index is 0. The number of carbonyl (C=O) groups excluding carboxylic acids is 2. The van der Waals surface area contributed by atoms with Crippen molar-refractivity contribution in [2.24, 2.45) is 11.8 Å². The Balaban J connectivity index is 0.00000261. The third-order valence-corrected chi connectivity index (χ3v) is 5.97. The van der Waals surface area contributed by atoms with Crippen LogP contribution in [0, 0.1) is 11.8 Å². The van der Waals surface area contributed by atoms with E-state index in [4.69, 9.17) is 0 Å². The molecule has 6 heteroatoms. The summed E-state index contributed by atoms with van der Waals surface area (Å²) < 4.78 is 0. The normalized spacial score (nSPS) is 21.6. The van der Waals surface area contributed by atoms with Crippen molar-refractivity contribution in [2.45, 2.75) is 45.6 Å². The van der Waals surface area contributed by atoms with Crippen molar-refractivity contribution in [1.29, 1.82) is 0 Å². The topological polar surface area (TPSA) is 52.7 Å². The minimum Gasteiger partial charge on any atom is -0.331 e. The Morgan fingerprint density at radius 2 is 1.89 bits per heavy atom. The van der Waals surface area contributed by atoms with Gasteiger partial charge in [0.1, 0.15) is 6.04 Å². The van der Waals surface area contributed by atoms with Crippen LogP contribution in [0.25, 0.3) is 0 Å².